The van der Waals surface area contributed by atoms with Gasteiger partial charge in [0, 0.05) is 12.1 Å². The fraction of sp³-hybridized carbons (Fsp3) is 0.345. The van der Waals surface area contributed by atoms with Crippen LogP contribution in [-0.4, -0.2) is 24.6 Å². The van der Waals surface area contributed by atoms with Crippen LogP contribution in [0.5, 0.6) is 5.75 Å². The number of aryl methyl sites for hydroxylation is 1. The average molecular weight is 552 g/mol. The van der Waals surface area contributed by atoms with Crippen molar-refractivity contribution in [1.29, 1.82) is 0 Å². The van der Waals surface area contributed by atoms with Crippen molar-refractivity contribution in [3.63, 3.8) is 0 Å². The van der Waals surface area contributed by atoms with Crippen molar-refractivity contribution < 1.29 is 40.6 Å². The topological polar surface area (TPSA) is 38.8 Å². The molecular weight excluding hydrogens is 524 g/mol. The third kappa shape index (κ3) is 6.15. The van der Waals surface area contributed by atoms with Gasteiger partial charge in [0.15, 0.2) is 0 Å². The van der Waals surface area contributed by atoms with Gasteiger partial charge < -0.3 is 9.47 Å². The van der Waals surface area contributed by atoms with Crippen molar-refractivity contribution in [2.45, 2.75) is 51.7 Å². The number of hydrogen-bond acceptors (Lipinski definition) is 3. The number of halogens is 6. The lowest BCUT2D eigenvalue weighted by Crippen LogP contribution is -2.24. The summed E-state index contributed by atoms with van der Waals surface area (Å²) in [4.78, 5) is 14.0. The zero-order chi connectivity index (χ0) is 28.7. The molecule has 0 spiro atoms. The maximum absolute atomic E-state index is 13.4. The fourth-order valence-corrected chi connectivity index (χ4v) is 4.59. The number of carbonyl (C=O) groups is 1. The Labute approximate surface area is 222 Å². The Morgan fingerprint density at radius 2 is 1.56 bits per heavy atom. The van der Waals surface area contributed by atoms with Crippen LogP contribution in [0.15, 0.2) is 54.6 Å². The largest absolute Gasteiger partial charge is 0.496 e. The predicted octanol–water partition coefficient (Wildman–Crippen LogP) is 8.53. The number of amides is 1. The molecule has 0 N–H and O–H groups in total. The van der Waals surface area contributed by atoms with E-state index < -0.39 is 35.7 Å². The molecule has 1 saturated heterocycles. The quantitative estimate of drug-likeness (QED) is 0.288. The van der Waals surface area contributed by atoms with Crippen LogP contribution in [-0.2, 0) is 23.6 Å². The van der Waals surface area contributed by atoms with Gasteiger partial charge in [0.05, 0.1) is 24.8 Å². The van der Waals surface area contributed by atoms with Crippen molar-refractivity contribution >= 4 is 6.09 Å². The molecule has 1 aliphatic heterocycles. The van der Waals surface area contributed by atoms with E-state index in [0.717, 1.165) is 27.8 Å². The van der Waals surface area contributed by atoms with Crippen molar-refractivity contribution in [2.24, 2.45) is 0 Å². The summed E-state index contributed by atoms with van der Waals surface area (Å²) < 4.78 is 91.0. The molecule has 1 fully saturated rings. The molecule has 0 saturated carbocycles. The Morgan fingerprint density at radius 1 is 0.923 bits per heavy atom. The van der Waals surface area contributed by atoms with Gasteiger partial charge in [-0.05, 0) is 65.4 Å². The van der Waals surface area contributed by atoms with Crippen LogP contribution in [0.3, 0.4) is 0 Å². The molecule has 1 unspecified atom stereocenters. The summed E-state index contributed by atoms with van der Waals surface area (Å²) in [5, 5.41) is 0. The van der Waals surface area contributed by atoms with Crippen LogP contribution in [0.25, 0.3) is 11.1 Å². The number of methoxy groups -OCH3 is 1. The van der Waals surface area contributed by atoms with Gasteiger partial charge in [-0.15, -0.1) is 0 Å². The van der Waals surface area contributed by atoms with Crippen molar-refractivity contribution in [3.8, 4) is 16.9 Å². The first kappa shape index (κ1) is 28.3. The highest BCUT2D eigenvalue weighted by Crippen LogP contribution is 2.40. The minimum absolute atomic E-state index is 0.0342. The van der Waals surface area contributed by atoms with Gasteiger partial charge in [-0.25, -0.2) is 4.79 Å². The first-order valence-corrected chi connectivity index (χ1v) is 12.2. The Bertz CT molecular complexity index is 1350. The number of alkyl halides is 6. The fourth-order valence-electron chi connectivity index (χ4n) is 4.59. The Balaban J connectivity index is 1.69. The summed E-state index contributed by atoms with van der Waals surface area (Å²) in [7, 11) is 1.55. The van der Waals surface area contributed by atoms with Crippen LogP contribution < -0.4 is 4.74 Å². The lowest BCUT2D eigenvalue weighted by atomic mass is 9.92. The monoisotopic (exact) mass is 551 g/mol. The van der Waals surface area contributed by atoms with Gasteiger partial charge in [0.25, 0.3) is 0 Å². The minimum atomic E-state index is -5.00. The second-order valence-electron chi connectivity index (χ2n) is 9.87. The van der Waals surface area contributed by atoms with E-state index in [1.165, 1.54) is 4.90 Å². The molecule has 3 aromatic rings. The van der Waals surface area contributed by atoms with Gasteiger partial charge in [0.2, 0.25) is 0 Å². The van der Waals surface area contributed by atoms with E-state index in [1.54, 1.807) is 7.11 Å². The molecule has 4 rings (SSSR count). The van der Waals surface area contributed by atoms with E-state index in [0.29, 0.717) is 17.9 Å². The second kappa shape index (κ2) is 10.5. The number of cyclic esters (lactones) is 1. The number of hydrogen-bond donors (Lipinski definition) is 0. The van der Waals surface area contributed by atoms with Crippen LogP contribution >= 0.6 is 0 Å². The SMILES string of the molecule is COc1ccc(C(C)C)cc1-c1ccc(C)cc1CN1CC(c2cc(C(F)(F)F)cc(C(F)(F)F)c2)OC1=O. The molecule has 4 nitrogen and oxygen atoms in total. The summed E-state index contributed by atoms with van der Waals surface area (Å²) in [5.74, 6) is 0.863. The minimum Gasteiger partial charge on any atom is -0.496 e. The standard InChI is InChI=1S/C29H27F6NO3/c1-16(2)18-6-8-25(38-4)24(12-18)23-7-5-17(3)9-20(23)14-36-15-26(39-27(36)37)19-10-21(28(30,31)32)13-22(11-19)29(33,34)35/h5-13,16,26H,14-15H2,1-4H3. The van der Waals surface area contributed by atoms with E-state index in [9.17, 15) is 31.1 Å². The van der Waals surface area contributed by atoms with Gasteiger partial charge >= 0.3 is 18.4 Å². The smallest absolute Gasteiger partial charge is 0.416 e. The summed E-state index contributed by atoms with van der Waals surface area (Å²) >= 11 is 0. The van der Waals surface area contributed by atoms with Crippen LogP contribution in [0, 0.1) is 6.92 Å². The molecule has 39 heavy (non-hydrogen) atoms. The normalized spacial score (nSPS) is 16.1. The Morgan fingerprint density at radius 3 is 2.13 bits per heavy atom. The summed E-state index contributed by atoms with van der Waals surface area (Å²) in [6.07, 6.45) is -12.1. The predicted molar refractivity (Wildman–Crippen MR) is 133 cm³/mol. The van der Waals surface area contributed by atoms with Crippen LogP contribution in [0.2, 0.25) is 0 Å². The highest BCUT2D eigenvalue weighted by molar-refractivity contribution is 5.76. The van der Waals surface area contributed by atoms with E-state index >= 15 is 0 Å². The number of carbonyl (C=O) groups excluding carboxylic acids is 1. The maximum atomic E-state index is 13.4. The van der Waals surface area contributed by atoms with Crippen molar-refractivity contribution in [1.82, 2.24) is 4.90 Å². The third-order valence-electron chi connectivity index (χ3n) is 6.67. The zero-order valence-electron chi connectivity index (χ0n) is 21.7. The summed E-state index contributed by atoms with van der Waals surface area (Å²) in [6, 6.07) is 12.8. The Kier molecular flexibility index (Phi) is 7.60. The molecule has 1 atom stereocenters. The second-order valence-corrected chi connectivity index (χ2v) is 9.87. The lowest BCUT2D eigenvalue weighted by Gasteiger charge is -2.20. The molecule has 0 bridgehead atoms. The molecule has 208 valence electrons. The number of ether oxygens (including phenoxy) is 2. The number of nitrogens with zero attached hydrogens (tertiary/aromatic N) is 1. The van der Waals surface area contributed by atoms with Gasteiger partial charge in [-0.2, -0.15) is 26.3 Å². The molecule has 10 heteroatoms. The van der Waals surface area contributed by atoms with E-state index in [4.69, 9.17) is 9.47 Å². The van der Waals surface area contributed by atoms with E-state index in [1.807, 2.05) is 43.3 Å². The maximum Gasteiger partial charge on any atom is 0.416 e. The lowest BCUT2D eigenvalue weighted by molar-refractivity contribution is -0.143. The van der Waals surface area contributed by atoms with Crippen LogP contribution in [0.4, 0.5) is 31.1 Å². The molecule has 1 amide bonds. The zero-order valence-corrected chi connectivity index (χ0v) is 21.7. The summed E-state index contributed by atoms with van der Waals surface area (Å²) in [6.45, 7) is 5.81. The van der Waals surface area contributed by atoms with E-state index in [2.05, 4.69) is 13.8 Å². The molecule has 0 radical (unpaired) electrons. The molecule has 3 aromatic carbocycles. The van der Waals surface area contributed by atoms with Gasteiger partial charge in [-0.1, -0.05) is 43.7 Å². The number of benzene rings is 3. The van der Waals surface area contributed by atoms with Gasteiger partial charge in [0.1, 0.15) is 11.9 Å². The molecular formula is C29H27F6NO3. The molecule has 1 aliphatic rings. The van der Waals surface area contributed by atoms with Crippen molar-refractivity contribution in [3.05, 3.63) is 88.0 Å². The molecule has 1 heterocycles. The average Bonchev–Trinajstić information content (AvgIpc) is 3.22. The summed E-state index contributed by atoms with van der Waals surface area (Å²) in [5.41, 5.74) is 1.01. The Hall–Kier alpha value is -3.69. The highest BCUT2D eigenvalue weighted by Gasteiger charge is 2.40. The van der Waals surface area contributed by atoms with Gasteiger partial charge in [-0.3, -0.25) is 4.90 Å². The first-order valence-electron chi connectivity index (χ1n) is 12.2. The molecule has 0 aromatic heterocycles. The molecule has 0 aliphatic carbocycles. The highest BCUT2D eigenvalue weighted by atomic mass is 19.4. The van der Waals surface area contributed by atoms with Crippen molar-refractivity contribution in [2.75, 3.05) is 13.7 Å². The third-order valence-corrected chi connectivity index (χ3v) is 6.67. The first-order chi connectivity index (χ1) is 18.2. The van der Waals surface area contributed by atoms with E-state index in [-0.39, 0.29) is 30.6 Å². The van der Waals surface area contributed by atoms with Crippen LogP contribution in [0.1, 0.15) is 59.3 Å². The number of rotatable bonds is 6.